The largest absolute Gasteiger partial charge is 0.461 e. The van der Waals surface area contributed by atoms with E-state index in [1.807, 2.05) is 18.2 Å². The number of benzene rings is 2. The maximum atomic E-state index is 16.2. The van der Waals surface area contributed by atoms with Crippen molar-refractivity contribution in [3.05, 3.63) is 71.3 Å². The molecule has 4 heterocycles. The van der Waals surface area contributed by atoms with Crippen molar-refractivity contribution in [2.75, 3.05) is 50.8 Å². The topological polar surface area (TPSA) is 66.2 Å². The Morgan fingerprint density at radius 2 is 2.00 bits per heavy atom. The number of aromatic nitrogens is 2. The lowest BCUT2D eigenvalue weighted by Crippen LogP contribution is -2.56. The standard InChI is InChI=1S/C35H37FN6O2/c1-3-31(43)42-14-13-40(20-24(42)19-37-2)33-28-17-29(36)27(25-8-4-7-22-15-23-16-26(23)32(22)25)18-30(28)38-34(39-33)44-21-35-9-5-11-41(35)12-6-10-35/h3-4,7-8,17-18,23-24,26H,1,5-6,9-16,19-21H2/t23-,24+,26+/m1/s1. The summed E-state index contributed by atoms with van der Waals surface area (Å²) in [5, 5.41) is 0.613. The van der Waals surface area contributed by atoms with Gasteiger partial charge in [-0.2, -0.15) is 9.97 Å². The van der Waals surface area contributed by atoms with Crippen molar-refractivity contribution in [1.29, 1.82) is 0 Å². The summed E-state index contributed by atoms with van der Waals surface area (Å²) in [6, 6.07) is 9.68. The molecule has 0 bridgehead atoms. The van der Waals surface area contributed by atoms with Gasteiger partial charge in [0.1, 0.15) is 24.3 Å². The maximum Gasteiger partial charge on any atom is 0.319 e. The van der Waals surface area contributed by atoms with Crippen molar-refractivity contribution in [2.45, 2.75) is 56.0 Å². The van der Waals surface area contributed by atoms with Crippen LogP contribution in [0.25, 0.3) is 26.9 Å². The molecule has 1 saturated carbocycles. The Hall–Kier alpha value is -4.03. The van der Waals surface area contributed by atoms with E-state index in [2.05, 4.69) is 27.3 Å². The normalized spacial score (nSPS) is 25.0. The molecule has 8 rings (SSSR count). The van der Waals surface area contributed by atoms with Crippen LogP contribution in [0.4, 0.5) is 10.2 Å². The second-order valence-electron chi connectivity index (χ2n) is 13.2. The van der Waals surface area contributed by atoms with Crippen LogP contribution < -0.4 is 9.64 Å². The average molecular weight is 593 g/mol. The van der Waals surface area contributed by atoms with Gasteiger partial charge in [0, 0.05) is 30.6 Å². The zero-order valence-electron chi connectivity index (χ0n) is 25.0. The predicted octanol–water partition coefficient (Wildman–Crippen LogP) is 5.23. The molecule has 226 valence electrons. The third kappa shape index (κ3) is 4.45. The van der Waals surface area contributed by atoms with Gasteiger partial charge in [-0.25, -0.2) is 11.0 Å². The number of piperazine rings is 1. The summed E-state index contributed by atoms with van der Waals surface area (Å²) in [6.45, 7) is 15.4. The van der Waals surface area contributed by atoms with Crippen LogP contribution in [0.15, 0.2) is 43.0 Å². The molecular formula is C35H37FN6O2. The molecule has 3 atom stereocenters. The second-order valence-corrected chi connectivity index (χ2v) is 13.2. The molecule has 5 aliphatic rings. The van der Waals surface area contributed by atoms with Crippen LogP contribution in [0.1, 0.15) is 49.1 Å². The Balaban J connectivity index is 1.20. The number of anilines is 1. The number of nitrogens with zero attached hydrogens (tertiary/aromatic N) is 6. The molecule has 8 nitrogen and oxygen atoms in total. The molecule has 44 heavy (non-hydrogen) atoms. The molecule has 0 radical (unpaired) electrons. The van der Waals surface area contributed by atoms with Gasteiger partial charge in [0.2, 0.25) is 12.5 Å². The van der Waals surface area contributed by atoms with Crippen LogP contribution in [0.3, 0.4) is 0 Å². The van der Waals surface area contributed by atoms with Crippen LogP contribution in [-0.2, 0) is 11.2 Å². The highest BCUT2D eigenvalue weighted by Gasteiger charge is 2.47. The molecule has 9 heteroatoms. The highest BCUT2D eigenvalue weighted by atomic mass is 19.1. The fourth-order valence-corrected chi connectivity index (χ4v) is 8.57. The minimum absolute atomic E-state index is 0.0369. The summed E-state index contributed by atoms with van der Waals surface area (Å²) in [4.78, 5) is 32.3. The summed E-state index contributed by atoms with van der Waals surface area (Å²) >= 11 is 0. The Morgan fingerprint density at radius 1 is 1.16 bits per heavy atom. The first-order valence-corrected chi connectivity index (χ1v) is 16.0. The first-order valence-electron chi connectivity index (χ1n) is 16.0. The summed E-state index contributed by atoms with van der Waals surface area (Å²) in [7, 11) is 0. The average Bonchev–Trinajstić information content (AvgIpc) is 3.32. The van der Waals surface area contributed by atoms with Crippen molar-refractivity contribution in [1.82, 2.24) is 19.8 Å². The fourth-order valence-electron chi connectivity index (χ4n) is 8.57. The van der Waals surface area contributed by atoms with Crippen molar-refractivity contribution in [3.63, 3.8) is 0 Å². The van der Waals surface area contributed by atoms with E-state index >= 15 is 4.39 Å². The fraction of sp³-hybridized carbons (Fsp3) is 0.486. The van der Waals surface area contributed by atoms with Crippen molar-refractivity contribution in [3.8, 4) is 17.1 Å². The molecule has 3 aromatic rings. The zero-order chi connectivity index (χ0) is 30.0. The van der Waals surface area contributed by atoms with E-state index in [1.165, 1.54) is 36.5 Å². The molecule has 3 saturated heterocycles. The number of hydrogen-bond acceptors (Lipinski definition) is 6. The lowest BCUT2D eigenvalue weighted by atomic mass is 9.93. The van der Waals surface area contributed by atoms with Gasteiger partial charge in [-0.15, -0.1) is 0 Å². The van der Waals surface area contributed by atoms with Crippen molar-refractivity contribution < 1.29 is 13.9 Å². The van der Waals surface area contributed by atoms with E-state index in [0.717, 1.165) is 37.9 Å². The van der Waals surface area contributed by atoms with E-state index < -0.39 is 0 Å². The molecule has 1 aromatic heterocycles. The number of halogens is 1. The van der Waals surface area contributed by atoms with Gasteiger partial charge < -0.3 is 19.4 Å². The number of carbonyl (C=O) groups excluding carboxylic acids is 1. The minimum atomic E-state index is -0.326. The first kappa shape index (κ1) is 27.5. The summed E-state index contributed by atoms with van der Waals surface area (Å²) in [5.74, 6) is 1.34. The molecule has 0 unspecified atom stereocenters. The Labute approximate surface area is 257 Å². The Bertz CT molecular complexity index is 1710. The Kier molecular flexibility index (Phi) is 6.60. The lowest BCUT2D eigenvalue weighted by molar-refractivity contribution is -0.128. The van der Waals surface area contributed by atoms with Crippen LogP contribution in [-0.4, -0.2) is 83.1 Å². The summed E-state index contributed by atoms with van der Waals surface area (Å²) < 4.78 is 22.6. The van der Waals surface area contributed by atoms with Crippen LogP contribution in [0, 0.1) is 18.3 Å². The van der Waals surface area contributed by atoms with E-state index in [1.54, 1.807) is 11.0 Å². The SMILES string of the molecule is [C-]#[N+]C[C@H]1CN(c2nc(OCC34CCCN3CCC4)nc3cc(-c4cccc5c4[C@H]4C[C@H]4C5)c(F)cc23)CCN1C(=O)C=C. The number of ether oxygens (including phenoxy) is 1. The van der Waals surface area contributed by atoms with E-state index in [-0.39, 0.29) is 29.8 Å². The van der Waals surface area contributed by atoms with Gasteiger partial charge in [0.05, 0.1) is 11.1 Å². The quantitative estimate of drug-likeness (QED) is 0.277. The maximum absolute atomic E-state index is 16.2. The molecule has 1 amide bonds. The van der Waals surface area contributed by atoms with Gasteiger partial charge >= 0.3 is 6.01 Å². The monoisotopic (exact) mass is 592 g/mol. The molecule has 0 spiro atoms. The third-order valence-electron chi connectivity index (χ3n) is 10.8. The highest BCUT2D eigenvalue weighted by molar-refractivity contribution is 5.94. The first-order chi connectivity index (χ1) is 21.5. The van der Waals surface area contributed by atoms with Crippen molar-refractivity contribution >= 4 is 22.6 Å². The third-order valence-corrected chi connectivity index (χ3v) is 10.8. The van der Waals surface area contributed by atoms with Gasteiger partial charge in [0.15, 0.2) is 0 Å². The smallest absolute Gasteiger partial charge is 0.319 e. The van der Waals surface area contributed by atoms with Crippen LogP contribution in [0.2, 0.25) is 0 Å². The summed E-state index contributed by atoms with van der Waals surface area (Å²) in [6.07, 6.45) is 8.15. The molecule has 3 aliphatic heterocycles. The molecule has 0 N–H and O–H groups in total. The number of fused-ring (bicyclic) bond motifs is 5. The zero-order valence-corrected chi connectivity index (χ0v) is 25.0. The predicted molar refractivity (Wildman–Crippen MR) is 167 cm³/mol. The van der Waals surface area contributed by atoms with E-state index in [4.69, 9.17) is 21.3 Å². The number of hydrogen-bond donors (Lipinski definition) is 0. The summed E-state index contributed by atoms with van der Waals surface area (Å²) in [5.41, 5.74) is 4.85. The Morgan fingerprint density at radius 3 is 2.80 bits per heavy atom. The van der Waals surface area contributed by atoms with E-state index in [9.17, 15) is 4.79 Å². The molecule has 4 fully saturated rings. The van der Waals surface area contributed by atoms with Gasteiger partial charge in [-0.3, -0.25) is 9.69 Å². The number of rotatable bonds is 7. The minimum Gasteiger partial charge on any atom is -0.461 e. The number of carbonyl (C=O) groups is 1. The van der Waals surface area contributed by atoms with Gasteiger partial charge in [0.25, 0.3) is 0 Å². The second kappa shape index (κ2) is 10.6. The highest BCUT2D eigenvalue weighted by Crippen LogP contribution is 2.58. The lowest BCUT2D eigenvalue weighted by Gasteiger charge is -2.39. The number of amides is 1. The van der Waals surface area contributed by atoms with Gasteiger partial charge in [-0.1, -0.05) is 24.8 Å². The van der Waals surface area contributed by atoms with Gasteiger partial charge in [-0.05, 0) is 98.3 Å². The molecule has 2 aliphatic carbocycles. The van der Waals surface area contributed by atoms with Crippen LogP contribution in [0.5, 0.6) is 6.01 Å². The van der Waals surface area contributed by atoms with E-state index in [0.29, 0.717) is 66.4 Å². The van der Waals surface area contributed by atoms with Crippen LogP contribution >= 0.6 is 0 Å². The molecular weight excluding hydrogens is 555 g/mol. The molecule has 2 aromatic carbocycles. The van der Waals surface area contributed by atoms with Crippen molar-refractivity contribution in [2.24, 2.45) is 5.92 Å².